The number of halogens is 1. The molecule has 0 aliphatic heterocycles. The Morgan fingerprint density at radius 2 is 1.54 bits per heavy atom. The van der Waals surface area contributed by atoms with Gasteiger partial charge in [0, 0.05) is 33.6 Å². The molecule has 1 N–H and O–H groups in total. The average Bonchev–Trinajstić information content (AvgIpc) is 3.36. The summed E-state index contributed by atoms with van der Waals surface area (Å²) in [4.78, 5) is 54.3. The number of hydrogen-bond acceptors (Lipinski definition) is 6. The summed E-state index contributed by atoms with van der Waals surface area (Å²) in [5.74, 6) is -2.44. The lowest BCUT2D eigenvalue weighted by atomic mass is 9.84. The first kappa shape index (κ1) is 21.9. The van der Waals surface area contributed by atoms with Gasteiger partial charge in [-0.05, 0) is 42.5 Å². The molecule has 0 spiro atoms. The molecule has 1 aliphatic carbocycles. The van der Waals surface area contributed by atoms with Crippen LogP contribution in [-0.2, 0) is 9.53 Å². The second-order valence-corrected chi connectivity index (χ2v) is 7.71. The molecule has 0 unspecified atom stereocenters. The summed E-state index contributed by atoms with van der Waals surface area (Å²) in [6.45, 7) is -0.597. The molecule has 1 aromatic heterocycles. The number of aromatic nitrogens is 2. The highest BCUT2D eigenvalue weighted by atomic mass is 19.1. The second kappa shape index (κ2) is 8.79. The zero-order valence-electron chi connectivity index (χ0n) is 18.0. The lowest BCUT2D eigenvalue weighted by molar-refractivity contribution is -0.119. The minimum Gasteiger partial charge on any atom is -0.451 e. The number of fused-ring (bicyclic) bond motifs is 2. The number of esters is 1. The molecule has 1 amide bonds. The Bertz CT molecular complexity index is 1510. The first-order chi connectivity index (χ1) is 16.9. The number of carbonyl (C=O) groups excluding carboxylic acids is 4. The minimum absolute atomic E-state index is 0.0564. The third-order valence-electron chi connectivity index (χ3n) is 5.50. The fourth-order valence-corrected chi connectivity index (χ4v) is 3.83. The highest BCUT2D eigenvalue weighted by Crippen LogP contribution is 2.29. The van der Waals surface area contributed by atoms with Crippen molar-refractivity contribution < 1.29 is 28.3 Å². The SMILES string of the molecule is O=C(COC(=O)c1cncn1-c1ccc(F)cc1)Nc1ccc2c(c1)C(=O)c1ccccc1C2=O. The maximum atomic E-state index is 13.2. The Labute approximate surface area is 198 Å². The van der Waals surface area contributed by atoms with Crippen LogP contribution in [0.5, 0.6) is 0 Å². The van der Waals surface area contributed by atoms with E-state index in [1.807, 2.05) is 0 Å². The molecule has 1 aliphatic rings. The Morgan fingerprint density at radius 1 is 0.886 bits per heavy atom. The van der Waals surface area contributed by atoms with Crippen molar-refractivity contribution in [3.8, 4) is 5.69 Å². The van der Waals surface area contributed by atoms with Crippen LogP contribution in [0, 0.1) is 5.82 Å². The predicted molar refractivity (Wildman–Crippen MR) is 122 cm³/mol. The molecule has 0 radical (unpaired) electrons. The fourth-order valence-electron chi connectivity index (χ4n) is 3.83. The van der Waals surface area contributed by atoms with Crippen LogP contribution in [0.3, 0.4) is 0 Å². The number of nitrogens with zero attached hydrogens (tertiary/aromatic N) is 2. The van der Waals surface area contributed by atoms with Gasteiger partial charge in [-0.15, -0.1) is 0 Å². The zero-order valence-corrected chi connectivity index (χ0v) is 18.0. The van der Waals surface area contributed by atoms with Crippen LogP contribution < -0.4 is 5.32 Å². The molecule has 0 saturated heterocycles. The highest BCUT2D eigenvalue weighted by molar-refractivity contribution is 6.28. The van der Waals surface area contributed by atoms with Crippen LogP contribution in [0.4, 0.5) is 10.1 Å². The molecule has 1 heterocycles. The Morgan fingerprint density at radius 3 is 2.26 bits per heavy atom. The smallest absolute Gasteiger partial charge is 0.357 e. The van der Waals surface area contributed by atoms with Crippen molar-refractivity contribution in [3.05, 3.63) is 113 Å². The lowest BCUT2D eigenvalue weighted by Gasteiger charge is -2.18. The Balaban J connectivity index is 1.26. The van der Waals surface area contributed by atoms with Gasteiger partial charge < -0.3 is 10.1 Å². The van der Waals surface area contributed by atoms with Gasteiger partial charge in [-0.3, -0.25) is 19.0 Å². The van der Waals surface area contributed by atoms with E-state index in [0.717, 1.165) is 0 Å². The van der Waals surface area contributed by atoms with E-state index in [-0.39, 0.29) is 34.1 Å². The maximum absolute atomic E-state index is 13.2. The minimum atomic E-state index is -0.801. The molecule has 0 bridgehead atoms. The first-order valence-corrected chi connectivity index (χ1v) is 10.5. The standard InChI is InChI=1S/C26H16FN3O5/c27-15-5-8-17(9-6-15)30-14-28-12-22(30)26(34)35-13-23(31)29-16-7-10-20-21(11-16)25(33)19-4-2-1-3-18(19)24(20)32/h1-12,14H,13H2,(H,29,31). The summed E-state index contributed by atoms with van der Waals surface area (Å²) < 4.78 is 19.7. The van der Waals surface area contributed by atoms with Gasteiger partial charge in [-0.25, -0.2) is 14.2 Å². The molecule has 35 heavy (non-hydrogen) atoms. The van der Waals surface area contributed by atoms with Crippen molar-refractivity contribution in [1.29, 1.82) is 0 Å². The van der Waals surface area contributed by atoms with E-state index in [4.69, 9.17) is 4.74 Å². The van der Waals surface area contributed by atoms with Crippen molar-refractivity contribution in [2.75, 3.05) is 11.9 Å². The summed E-state index contributed by atoms with van der Waals surface area (Å²) in [6.07, 6.45) is 2.64. The fraction of sp³-hybridized carbons (Fsp3) is 0.0385. The number of ketones is 2. The zero-order chi connectivity index (χ0) is 24.5. The maximum Gasteiger partial charge on any atom is 0.357 e. The number of benzene rings is 3. The normalized spacial score (nSPS) is 12.0. The summed E-state index contributed by atoms with van der Waals surface area (Å²) in [5, 5.41) is 2.56. The number of nitrogens with one attached hydrogen (secondary N) is 1. The van der Waals surface area contributed by atoms with Crippen molar-refractivity contribution in [2.45, 2.75) is 0 Å². The van der Waals surface area contributed by atoms with Gasteiger partial charge in [0.05, 0.1) is 12.5 Å². The average molecular weight is 469 g/mol. The van der Waals surface area contributed by atoms with E-state index in [0.29, 0.717) is 16.8 Å². The number of carbonyl (C=O) groups is 4. The predicted octanol–water partition coefficient (Wildman–Crippen LogP) is 3.58. The van der Waals surface area contributed by atoms with Crippen molar-refractivity contribution in [3.63, 3.8) is 0 Å². The summed E-state index contributed by atoms with van der Waals surface area (Å²) in [6, 6.07) is 16.4. The van der Waals surface area contributed by atoms with Crippen LogP contribution in [0.15, 0.2) is 79.3 Å². The molecular formula is C26H16FN3O5. The van der Waals surface area contributed by atoms with Crippen molar-refractivity contribution >= 4 is 29.1 Å². The molecule has 9 heteroatoms. The van der Waals surface area contributed by atoms with Gasteiger partial charge in [0.2, 0.25) is 0 Å². The topological polar surface area (TPSA) is 107 Å². The number of imidazole rings is 1. The third-order valence-corrected chi connectivity index (χ3v) is 5.50. The summed E-state index contributed by atoms with van der Waals surface area (Å²) in [7, 11) is 0. The highest BCUT2D eigenvalue weighted by Gasteiger charge is 2.29. The van der Waals surface area contributed by atoms with Gasteiger partial charge in [0.1, 0.15) is 5.82 Å². The van der Waals surface area contributed by atoms with Crippen molar-refractivity contribution in [2.24, 2.45) is 0 Å². The molecule has 5 rings (SSSR count). The van der Waals surface area contributed by atoms with Crippen LogP contribution in [-0.4, -0.2) is 39.6 Å². The monoisotopic (exact) mass is 469 g/mol. The summed E-state index contributed by atoms with van der Waals surface area (Å²) >= 11 is 0. The Hall–Kier alpha value is -4.92. The van der Waals surface area contributed by atoms with Crippen LogP contribution >= 0.6 is 0 Å². The molecule has 4 aromatic rings. The molecule has 3 aromatic carbocycles. The van der Waals surface area contributed by atoms with Crippen LogP contribution in [0.1, 0.15) is 42.3 Å². The van der Waals surface area contributed by atoms with Gasteiger partial charge in [-0.2, -0.15) is 0 Å². The molecule has 0 saturated carbocycles. The molecule has 0 atom stereocenters. The second-order valence-electron chi connectivity index (χ2n) is 7.71. The number of anilines is 1. The van der Waals surface area contributed by atoms with Crippen LogP contribution in [0.25, 0.3) is 5.69 Å². The molecular weight excluding hydrogens is 453 g/mol. The van der Waals surface area contributed by atoms with Crippen molar-refractivity contribution in [1.82, 2.24) is 9.55 Å². The van der Waals surface area contributed by atoms with E-state index >= 15 is 0 Å². The molecule has 0 fully saturated rings. The van der Waals surface area contributed by atoms with E-state index in [1.165, 1.54) is 59.6 Å². The number of amides is 1. The van der Waals surface area contributed by atoms with Gasteiger partial charge in [0.15, 0.2) is 23.9 Å². The largest absolute Gasteiger partial charge is 0.451 e. The number of hydrogen-bond donors (Lipinski definition) is 1. The first-order valence-electron chi connectivity index (χ1n) is 10.5. The molecule has 172 valence electrons. The summed E-state index contributed by atoms with van der Waals surface area (Å²) in [5.41, 5.74) is 1.92. The van der Waals surface area contributed by atoms with E-state index < -0.39 is 24.3 Å². The Kier molecular flexibility index (Phi) is 5.50. The van der Waals surface area contributed by atoms with E-state index in [9.17, 15) is 23.6 Å². The van der Waals surface area contributed by atoms with Crippen LogP contribution in [0.2, 0.25) is 0 Å². The van der Waals surface area contributed by atoms with Gasteiger partial charge in [-0.1, -0.05) is 24.3 Å². The number of ether oxygens (including phenoxy) is 1. The third kappa shape index (κ3) is 4.10. The van der Waals surface area contributed by atoms with Gasteiger partial charge >= 0.3 is 5.97 Å². The van der Waals surface area contributed by atoms with Gasteiger partial charge in [0.25, 0.3) is 5.91 Å². The quantitative estimate of drug-likeness (QED) is 0.394. The van der Waals surface area contributed by atoms with E-state index in [2.05, 4.69) is 10.3 Å². The molecule has 8 nitrogen and oxygen atoms in total. The number of rotatable bonds is 5. The van der Waals surface area contributed by atoms with E-state index in [1.54, 1.807) is 24.3 Å². The lowest BCUT2D eigenvalue weighted by Crippen LogP contribution is -2.23.